The van der Waals surface area contributed by atoms with E-state index in [1.165, 1.54) is 17.8 Å². The molecule has 23 heavy (non-hydrogen) atoms. The summed E-state index contributed by atoms with van der Waals surface area (Å²) in [6.45, 7) is 1.69. The summed E-state index contributed by atoms with van der Waals surface area (Å²) in [5.74, 6) is 0.841. The number of rotatable bonds is 4. The van der Waals surface area contributed by atoms with Gasteiger partial charge in [0.25, 0.3) is 0 Å². The molecule has 3 rings (SSSR count). The van der Waals surface area contributed by atoms with Crippen molar-refractivity contribution in [3.8, 4) is 0 Å². The average Bonchev–Trinajstić information content (AvgIpc) is 2.56. The number of benzene rings is 1. The number of aliphatic imine (C=N–C) groups is 1. The minimum Gasteiger partial charge on any atom is -0.370 e. The second kappa shape index (κ2) is 7.94. The molecule has 1 aromatic heterocycles. The highest BCUT2D eigenvalue weighted by molar-refractivity contribution is 7.99. The van der Waals surface area contributed by atoms with E-state index < -0.39 is 4.92 Å². The first-order chi connectivity index (χ1) is 10.8. The van der Waals surface area contributed by atoms with Crippen molar-refractivity contribution in [1.29, 1.82) is 0 Å². The molecule has 0 aliphatic carbocycles. The van der Waals surface area contributed by atoms with Crippen LogP contribution < -0.4 is 5.32 Å². The standard InChI is InChI=1S/C15H14N4O2S.ClH/c20-19(21)12-6-3-8-18-15(12)22-13-7-2-1-5-11(13)14-16-9-4-10-17-14;/h1-3,5-8H,4,9-10H2,(H,16,17);1H. The summed E-state index contributed by atoms with van der Waals surface area (Å²) in [5.41, 5.74) is 0.966. The largest absolute Gasteiger partial charge is 0.370 e. The molecule has 0 bridgehead atoms. The van der Waals surface area contributed by atoms with Crippen molar-refractivity contribution in [2.75, 3.05) is 13.1 Å². The summed E-state index contributed by atoms with van der Waals surface area (Å²) >= 11 is 1.29. The molecule has 8 heteroatoms. The molecule has 0 amide bonds. The van der Waals surface area contributed by atoms with Crippen LogP contribution in [0.15, 0.2) is 57.5 Å². The average molecular weight is 351 g/mol. The monoisotopic (exact) mass is 350 g/mol. The van der Waals surface area contributed by atoms with Gasteiger partial charge in [-0.2, -0.15) is 0 Å². The van der Waals surface area contributed by atoms with Gasteiger partial charge < -0.3 is 5.32 Å². The first-order valence-electron chi connectivity index (χ1n) is 6.90. The first kappa shape index (κ1) is 17.2. The van der Waals surface area contributed by atoms with Gasteiger partial charge >= 0.3 is 5.69 Å². The molecule has 0 unspecified atom stereocenters. The van der Waals surface area contributed by atoms with E-state index in [1.807, 2.05) is 24.3 Å². The third-order valence-electron chi connectivity index (χ3n) is 3.19. The molecule has 1 aliphatic heterocycles. The summed E-state index contributed by atoms with van der Waals surface area (Å²) in [4.78, 5) is 20.2. The Balaban J connectivity index is 0.00000192. The molecule has 2 heterocycles. The molecule has 0 saturated carbocycles. The van der Waals surface area contributed by atoms with Crippen molar-refractivity contribution in [2.45, 2.75) is 16.3 Å². The zero-order valence-electron chi connectivity index (χ0n) is 12.1. The summed E-state index contributed by atoms with van der Waals surface area (Å²) in [6.07, 6.45) is 2.58. The molecule has 120 valence electrons. The van der Waals surface area contributed by atoms with E-state index in [0.29, 0.717) is 5.03 Å². The molecule has 6 nitrogen and oxygen atoms in total. The maximum absolute atomic E-state index is 11.1. The van der Waals surface area contributed by atoms with Gasteiger partial charge in [0.2, 0.25) is 0 Å². The number of amidine groups is 1. The number of nitrogens with one attached hydrogen (secondary N) is 1. The van der Waals surface area contributed by atoms with Crippen LogP contribution in [-0.4, -0.2) is 28.8 Å². The Hall–Kier alpha value is -2.12. The van der Waals surface area contributed by atoms with Crippen molar-refractivity contribution in [1.82, 2.24) is 10.3 Å². The second-order valence-electron chi connectivity index (χ2n) is 4.69. The lowest BCUT2D eigenvalue weighted by Gasteiger charge is -2.17. The van der Waals surface area contributed by atoms with E-state index in [2.05, 4.69) is 15.3 Å². The Labute approximate surface area is 144 Å². The number of hydrogen-bond donors (Lipinski definition) is 1. The van der Waals surface area contributed by atoms with Gasteiger partial charge in [0.1, 0.15) is 5.84 Å². The van der Waals surface area contributed by atoms with Crippen LogP contribution >= 0.6 is 24.2 Å². The molecule has 1 aromatic carbocycles. The molecule has 1 N–H and O–H groups in total. The molecule has 0 atom stereocenters. The highest BCUT2D eigenvalue weighted by atomic mass is 35.5. The van der Waals surface area contributed by atoms with Gasteiger partial charge in [-0.15, -0.1) is 12.4 Å². The third-order valence-corrected chi connectivity index (χ3v) is 4.28. The number of halogens is 1. The van der Waals surface area contributed by atoms with Gasteiger partial charge in [-0.05, 0) is 18.6 Å². The maximum atomic E-state index is 11.1. The normalized spacial score (nSPS) is 13.5. The highest BCUT2D eigenvalue weighted by Crippen LogP contribution is 2.34. The molecule has 0 saturated heterocycles. The number of nitro groups is 1. The number of pyridine rings is 1. The summed E-state index contributed by atoms with van der Waals surface area (Å²) in [5, 5.41) is 14.8. The predicted octanol–water partition coefficient (Wildman–Crippen LogP) is 3.30. The Bertz CT molecular complexity index is 739. The SMILES string of the molecule is Cl.O=[N+]([O-])c1cccnc1Sc1ccccc1C1=NCCCN1. The van der Waals surface area contributed by atoms with Gasteiger partial charge in [-0.3, -0.25) is 15.1 Å². The van der Waals surface area contributed by atoms with Crippen molar-refractivity contribution < 1.29 is 4.92 Å². The van der Waals surface area contributed by atoms with E-state index in [1.54, 1.807) is 12.3 Å². The topological polar surface area (TPSA) is 80.4 Å². The minimum atomic E-state index is -0.408. The fourth-order valence-corrected chi connectivity index (χ4v) is 3.16. The zero-order valence-corrected chi connectivity index (χ0v) is 13.8. The van der Waals surface area contributed by atoms with E-state index >= 15 is 0 Å². The predicted molar refractivity (Wildman–Crippen MR) is 92.7 cm³/mol. The van der Waals surface area contributed by atoms with Crippen molar-refractivity contribution in [3.05, 3.63) is 58.3 Å². The molecule has 1 aliphatic rings. The lowest BCUT2D eigenvalue weighted by atomic mass is 10.2. The molecule has 0 fully saturated rings. The van der Waals surface area contributed by atoms with Gasteiger partial charge in [0.15, 0.2) is 5.03 Å². The van der Waals surface area contributed by atoms with Crippen molar-refractivity contribution in [3.63, 3.8) is 0 Å². The minimum absolute atomic E-state index is 0. The Kier molecular flexibility index (Phi) is 5.95. The number of nitrogens with zero attached hydrogens (tertiary/aromatic N) is 3. The van der Waals surface area contributed by atoms with Crippen LogP contribution in [0.25, 0.3) is 0 Å². The van der Waals surface area contributed by atoms with E-state index in [9.17, 15) is 10.1 Å². The quantitative estimate of drug-likeness (QED) is 0.676. The van der Waals surface area contributed by atoms with Gasteiger partial charge in [0.05, 0.1) is 4.92 Å². The first-order valence-corrected chi connectivity index (χ1v) is 7.72. The number of hydrogen-bond acceptors (Lipinski definition) is 6. The molecule has 0 spiro atoms. The van der Waals surface area contributed by atoms with E-state index in [4.69, 9.17) is 0 Å². The Morgan fingerprint density at radius 3 is 2.78 bits per heavy atom. The maximum Gasteiger partial charge on any atom is 0.301 e. The fourth-order valence-electron chi connectivity index (χ4n) is 2.17. The lowest BCUT2D eigenvalue weighted by molar-refractivity contribution is -0.388. The summed E-state index contributed by atoms with van der Waals surface area (Å²) in [6, 6.07) is 10.8. The Morgan fingerprint density at radius 1 is 1.22 bits per heavy atom. The molecular formula is C15H15ClN4O2S. The van der Waals surface area contributed by atoms with E-state index in [0.717, 1.165) is 35.8 Å². The van der Waals surface area contributed by atoms with Gasteiger partial charge in [-0.25, -0.2) is 4.98 Å². The van der Waals surface area contributed by atoms with Gasteiger partial charge in [-0.1, -0.05) is 30.0 Å². The lowest BCUT2D eigenvalue weighted by Crippen LogP contribution is -2.30. The molecule has 2 aromatic rings. The summed E-state index contributed by atoms with van der Waals surface area (Å²) in [7, 11) is 0. The smallest absolute Gasteiger partial charge is 0.301 e. The molecule has 0 radical (unpaired) electrons. The van der Waals surface area contributed by atoms with Crippen LogP contribution in [0, 0.1) is 10.1 Å². The zero-order chi connectivity index (χ0) is 15.4. The second-order valence-corrected chi connectivity index (χ2v) is 5.72. The Morgan fingerprint density at radius 2 is 2.04 bits per heavy atom. The van der Waals surface area contributed by atoms with E-state index in [-0.39, 0.29) is 18.1 Å². The van der Waals surface area contributed by atoms with Crippen molar-refractivity contribution >= 4 is 35.7 Å². The highest BCUT2D eigenvalue weighted by Gasteiger charge is 2.18. The summed E-state index contributed by atoms with van der Waals surface area (Å²) < 4.78 is 0. The van der Waals surface area contributed by atoms with Crippen LogP contribution in [-0.2, 0) is 0 Å². The molecular weight excluding hydrogens is 336 g/mol. The van der Waals surface area contributed by atoms with Crippen molar-refractivity contribution in [2.24, 2.45) is 4.99 Å². The van der Waals surface area contributed by atoms with Crippen LogP contribution in [0.5, 0.6) is 0 Å². The van der Waals surface area contributed by atoms with Crippen LogP contribution in [0.3, 0.4) is 0 Å². The fraction of sp³-hybridized carbons (Fsp3) is 0.200. The van der Waals surface area contributed by atoms with Crippen LogP contribution in [0.2, 0.25) is 0 Å². The third kappa shape index (κ3) is 4.00. The van der Waals surface area contributed by atoms with Crippen LogP contribution in [0.1, 0.15) is 12.0 Å². The number of aromatic nitrogens is 1. The van der Waals surface area contributed by atoms with Crippen LogP contribution in [0.4, 0.5) is 5.69 Å². The van der Waals surface area contributed by atoms with Gasteiger partial charge in [0, 0.05) is 35.8 Å².